The Labute approximate surface area is 197 Å². The number of aromatic nitrogens is 4. The fourth-order valence-corrected chi connectivity index (χ4v) is 3.65. The van der Waals surface area contributed by atoms with E-state index in [1.807, 2.05) is 17.7 Å². The molecule has 34 heavy (non-hydrogen) atoms. The lowest BCUT2D eigenvalue weighted by molar-refractivity contribution is 0.0952. The lowest BCUT2D eigenvalue weighted by Crippen LogP contribution is -2.26. The average Bonchev–Trinajstić information content (AvgIpc) is 3.34. The van der Waals surface area contributed by atoms with Crippen molar-refractivity contribution in [2.45, 2.75) is 26.8 Å². The summed E-state index contributed by atoms with van der Waals surface area (Å²) in [5, 5.41) is 3.37. The van der Waals surface area contributed by atoms with Crippen LogP contribution in [0.4, 0.5) is 0 Å². The van der Waals surface area contributed by atoms with Gasteiger partial charge in [-0.1, -0.05) is 12.6 Å². The number of aryl methyl sites for hydroxylation is 2. The molecule has 0 spiro atoms. The molecule has 0 radical (unpaired) electrons. The third-order valence-corrected chi connectivity index (χ3v) is 5.30. The fourth-order valence-electron chi connectivity index (χ4n) is 3.65. The molecule has 8 nitrogen and oxygen atoms in total. The Kier molecular flexibility index (Phi) is 6.87. The quantitative estimate of drug-likeness (QED) is 0.306. The number of nitrogens with zero attached hydrogens (tertiary/aromatic N) is 4. The summed E-state index contributed by atoms with van der Waals surface area (Å²) in [6.07, 6.45) is 6.15. The highest BCUT2D eigenvalue weighted by Crippen LogP contribution is 2.19. The number of hydrogen-bond acceptors (Lipinski definition) is 5. The van der Waals surface area contributed by atoms with Crippen molar-refractivity contribution in [2.24, 2.45) is 0 Å². The molecule has 2 aromatic carbocycles. The number of nitrogens with one attached hydrogen (secondary N) is 1. The second kappa shape index (κ2) is 10.2. The van der Waals surface area contributed by atoms with E-state index in [1.165, 1.54) is 4.57 Å². The molecule has 0 aliphatic rings. The van der Waals surface area contributed by atoms with Crippen LogP contribution in [-0.2, 0) is 6.54 Å². The molecule has 2 heterocycles. The first kappa shape index (κ1) is 23.0. The zero-order valence-electron chi connectivity index (χ0n) is 19.3. The van der Waals surface area contributed by atoms with E-state index in [2.05, 4.69) is 21.9 Å². The topological polar surface area (TPSA) is 91.0 Å². The van der Waals surface area contributed by atoms with Crippen molar-refractivity contribution in [3.63, 3.8) is 0 Å². The van der Waals surface area contributed by atoms with Crippen molar-refractivity contribution in [1.29, 1.82) is 0 Å². The average molecular weight is 458 g/mol. The van der Waals surface area contributed by atoms with E-state index in [0.717, 1.165) is 18.5 Å². The summed E-state index contributed by atoms with van der Waals surface area (Å²) < 4.78 is 9.17. The summed E-state index contributed by atoms with van der Waals surface area (Å²) in [5.41, 5.74) is 2.31. The van der Waals surface area contributed by atoms with Crippen LogP contribution in [0.3, 0.4) is 0 Å². The molecule has 4 rings (SSSR count). The Bertz CT molecular complexity index is 1390. The summed E-state index contributed by atoms with van der Waals surface area (Å²) in [6, 6.07) is 12.2. The first-order valence-corrected chi connectivity index (χ1v) is 11.1. The van der Waals surface area contributed by atoms with Crippen LogP contribution in [0.25, 0.3) is 16.6 Å². The van der Waals surface area contributed by atoms with Crippen LogP contribution in [0.15, 0.2) is 78.1 Å². The second-order valence-electron chi connectivity index (χ2n) is 8.18. The van der Waals surface area contributed by atoms with Crippen LogP contribution < -0.4 is 15.6 Å². The minimum atomic E-state index is -0.221. The summed E-state index contributed by atoms with van der Waals surface area (Å²) in [5.74, 6) is 0.919. The summed E-state index contributed by atoms with van der Waals surface area (Å²) in [4.78, 5) is 34.7. The van der Waals surface area contributed by atoms with E-state index in [0.29, 0.717) is 46.9 Å². The van der Waals surface area contributed by atoms with Crippen molar-refractivity contribution in [3.8, 4) is 11.4 Å². The van der Waals surface area contributed by atoms with Gasteiger partial charge in [0.05, 0.1) is 22.9 Å². The van der Waals surface area contributed by atoms with Gasteiger partial charge < -0.3 is 14.6 Å². The number of benzene rings is 2. The van der Waals surface area contributed by atoms with Gasteiger partial charge in [0.2, 0.25) is 0 Å². The van der Waals surface area contributed by atoms with Crippen molar-refractivity contribution < 1.29 is 9.53 Å². The van der Waals surface area contributed by atoms with Gasteiger partial charge in [0.25, 0.3) is 11.5 Å². The van der Waals surface area contributed by atoms with E-state index < -0.39 is 0 Å². The van der Waals surface area contributed by atoms with Crippen molar-refractivity contribution in [2.75, 3.05) is 13.2 Å². The minimum absolute atomic E-state index is 0.192. The van der Waals surface area contributed by atoms with Crippen molar-refractivity contribution in [1.82, 2.24) is 24.4 Å². The molecule has 0 unspecified atom stereocenters. The van der Waals surface area contributed by atoms with Gasteiger partial charge in [-0.05, 0) is 62.2 Å². The number of amides is 1. The molecule has 1 N–H and O–H groups in total. The number of carbonyl (C=O) groups excluding carboxylic acids is 1. The number of fused-ring (bicyclic) bond motifs is 1. The molecule has 4 aromatic rings. The first-order valence-electron chi connectivity index (χ1n) is 11.1. The zero-order chi connectivity index (χ0) is 24.1. The number of ether oxygens (including phenoxy) is 1. The molecule has 0 bridgehead atoms. The molecule has 0 atom stereocenters. The Morgan fingerprint density at radius 1 is 1.21 bits per heavy atom. The Morgan fingerprint density at radius 2 is 2.06 bits per heavy atom. The fraction of sp³-hybridized carbons (Fsp3) is 0.231. The van der Waals surface area contributed by atoms with Crippen LogP contribution in [0.5, 0.6) is 5.75 Å². The molecule has 2 aromatic heterocycles. The molecular weight excluding hydrogens is 430 g/mol. The number of rotatable bonds is 9. The van der Waals surface area contributed by atoms with Gasteiger partial charge in [-0.15, -0.1) is 0 Å². The summed E-state index contributed by atoms with van der Waals surface area (Å²) in [7, 11) is 0. The van der Waals surface area contributed by atoms with Crippen LogP contribution in [0.2, 0.25) is 0 Å². The van der Waals surface area contributed by atoms with E-state index in [1.54, 1.807) is 61.9 Å². The van der Waals surface area contributed by atoms with Crippen LogP contribution in [-0.4, -0.2) is 38.2 Å². The SMILES string of the molecule is C=C(C)COc1ccc2nc(C)n(-c3cccc(C(=O)NCCCn4ccnc4)c3)c(=O)c2c1. The molecule has 0 aliphatic carbocycles. The highest BCUT2D eigenvalue weighted by atomic mass is 16.5. The number of hydrogen-bond donors (Lipinski definition) is 1. The summed E-state index contributed by atoms with van der Waals surface area (Å²) in [6.45, 7) is 9.16. The van der Waals surface area contributed by atoms with E-state index >= 15 is 0 Å². The molecule has 0 aliphatic heterocycles. The van der Waals surface area contributed by atoms with Gasteiger partial charge in [0.15, 0.2) is 0 Å². The van der Waals surface area contributed by atoms with Crippen molar-refractivity contribution in [3.05, 3.63) is 95.1 Å². The highest BCUT2D eigenvalue weighted by molar-refractivity contribution is 5.94. The molecule has 0 saturated heterocycles. The first-order chi connectivity index (χ1) is 16.4. The van der Waals surface area contributed by atoms with E-state index in [9.17, 15) is 9.59 Å². The monoisotopic (exact) mass is 457 g/mol. The highest BCUT2D eigenvalue weighted by Gasteiger charge is 2.13. The Balaban J connectivity index is 1.56. The smallest absolute Gasteiger partial charge is 0.266 e. The predicted molar refractivity (Wildman–Crippen MR) is 132 cm³/mol. The van der Waals surface area contributed by atoms with Crippen molar-refractivity contribution >= 4 is 16.8 Å². The third-order valence-electron chi connectivity index (χ3n) is 5.30. The van der Waals surface area contributed by atoms with E-state index in [4.69, 9.17) is 4.74 Å². The predicted octanol–water partition coefficient (Wildman–Crippen LogP) is 3.67. The second-order valence-corrected chi connectivity index (χ2v) is 8.18. The molecule has 0 saturated carbocycles. The van der Waals surface area contributed by atoms with Gasteiger partial charge in [-0.2, -0.15) is 0 Å². The normalized spacial score (nSPS) is 10.9. The molecule has 1 amide bonds. The zero-order valence-corrected chi connectivity index (χ0v) is 19.3. The maximum Gasteiger partial charge on any atom is 0.266 e. The van der Waals surface area contributed by atoms with Crippen LogP contribution in [0.1, 0.15) is 29.5 Å². The van der Waals surface area contributed by atoms with Crippen LogP contribution in [0, 0.1) is 6.92 Å². The van der Waals surface area contributed by atoms with Gasteiger partial charge in [0, 0.05) is 31.0 Å². The number of carbonyl (C=O) groups is 1. The van der Waals surface area contributed by atoms with E-state index in [-0.39, 0.29) is 11.5 Å². The largest absolute Gasteiger partial charge is 0.489 e. The third kappa shape index (κ3) is 5.23. The number of imidazole rings is 1. The summed E-state index contributed by atoms with van der Waals surface area (Å²) >= 11 is 0. The van der Waals surface area contributed by atoms with Gasteiger partial charge in [0.1, 0.15) is 18.2 Å². The lowest BCUT2D eigenvalue weighted by atomic mass is 10.1. The minimum Gasteiger partial charge on any atom is -0.489 e. The van der Waals surface area contributed by atoms with Gasteiger partial charge in [-0.25, -0.2) is 9.97 Å². The maximum absolute atomic E-state index is 13.4. The lowest BCUT2D eigenvalue weighted by Gasteiger charge is -2.13. The standard InChI is InChI=1S/C26H27N5O3/c1-18(2)16-34-22-8-9-24-23(15-22)26(33)31(19(3)29-24)21-7-4-6-20(14-21)25(32)28-10-5-12-30-13-11-27-17-30/h4,6-9,11,13-15,17H,1,5,10,12,16H2,2-3H3,(H,28,32). The Hall–Kier alpha value is -4.20. The molecular formula is C26H27N5O3. The van der Waals surface area contributed by atoms with Crippen LogP contribution >= 0.6 is 0 Å². The maximum atomic E-state index is 13.4. The molecule has 0 fully saturated rings. The molecule has 174 valence electrons. The van der Waals surface area contributed by atoms with Gasteiger partial charge in [-0.3, -0.25) is 14.2 Å². The Morgan fingerprint density at radius 3 is 2.82 bits per heavy atom. The van der Waals surface area contributed by atoms with Gasteiger partial charge >= 0.3 is 0 Å². The molecule has 8 heteroatoms.